The molecule has 1 atom stereocenters. The van der Waals surface area contributed by atoms with E-state index in [0.717, 1.165) is 6.42 Å². The second kappa shape index (κ2) is 5.99. The number of hydrogen-bond donors (Lipinski definition) is 2. The van der Waals surface area contributed by atoms with Gasteiger partial charge >= 0.3 is 0 Å². The molecular weight excluding hydrogens is 190 g/mol. The van der Waals surface area contributed by atoms with Crippen molar-refractivity contribution in [1.82, 2.24) is 4.98 Å². The van der Waals surface area contributed by atoms with E-state index >= 15 is 0 Å². The SMILES string of the molecule is CCC(CCO)Nc1cc(C#N)ccn1. The highest BCUT2D eigenvalue weighted by Gasteiger charge is 2.05. The van der Waals surface area contributed by atoms with Gasteiger partial charge in [-0.1, -0.05) is 6.92 Å². The first kappa shape index (κ1) is 11.5. The van der Waals surface area contributed by atoms with Crippen LogP contribution in [0.4, 0.5) is 5.82 Å². The van der Waals surface area contributed by atoms with Crippen molar-refractivity contribution in [3.8, 4) is 6.07 Å². The predicted molar refractivity (Wildman–Crippen MR) is 58.4 cm³/mol. The van der Waals surface area contributed by atoms with E-state index in [9.17, 15) is 0 Å². The standard InChI is InChI=1S/C11H15N3O/c1-2-10(4-6-15)14-11-7-9(8-12)3-5-13-11/h3,5,7,10,15H,2,4,6H2,1H3,(H,13,14). The largest absolute Gasteiger partial charge is 0.396 e. The summed E-state index contributed by atoms with van der Waals surface area (Å²) < 4.78 is 0. The summed E-state index contributed by atoms with van der Waals surface area (Å²) in [6.07, 6.45) is 3.21. The topological polar surface area (TPSA) is 68.9 Å². The van der Waals surface area contributed by atoms with Crippen molar-refractivity contribution in [2.75, 3.05) is 11.9 Å². The first-order valence-corrected chi connectivity index (χ1v) is 5.03. The fourth-order valence-corrected chi connectivity index (χ4v) is 1.32. The smallest absolute Gasteiger partial charge is 0.127 e. The van der Waals surface area contributed by atoms with Crippen molar-refractivity contribution in [2.24, 2.45) is 0 Å². The van der Waals surface area contributed by atoms with Crippen molar-refractivity contribution in [1.29, 1.82) is 5.26 Å². The highest BCUT2D eigenvalue weighted by atomic mass is 16.3. The molecule has 1 aromatic rings. The van der Waals surface area contributed by atoms with E-state index in [4.69, 9.17) is 10.4 Å². The Kier molecular flexibility index (Phi) is 4.58. The van der Waals surface area contributed by atoms with E-state index in [1.807, 2.05) is 6.92 Å². The Bertz CT molecular complexity index is 346. The van der Waals surface area contributed by atoms with Gasteiger partial charge in [0.15, 0.2) is 0 Å². The maximum Gasteiger partial charge on any atom is 0.127 e. The highest BCUT2D eigenvalue weighted by molar-refractivity contribution is 5.42. The average Bonchev–Trinajstić information content (AvgIpc) is 2.29. The maximum absolute atomic E-state index is 8.83. The third-order valence-electron chi connectivity index (χ3n) is 2.21. The summed E-state index contributed by atoms with van der Waals surface area (Å²) in [6.45, 7) is 2.20. The number of pyridine rings is 1. The molecule has 0 fully saturated rings. The molecule has 4 heteroatoms. The maximum atomic E-state index is 8.83. The third-order valence-corrected chi connectivity index (χ3v) is 2.21. The van der Waals surface area contributed by atoms with E-state index in [0.29, 0.717) is 17.8 Å². The Hall–Kier alpha value is -1.60. The van der Waals surface area contributed by atoms with Crippen LogP contribution < -0.4 is 5.32 Å². The molecule has 0 radical (unpaired) electrons. The molecule has 1 unspecified atom stereocenters. The molecular formula is C11H15N3O. The van der Waals surface area contributed by atoms with Crippen LogP contribution in [-0.2, 0) is 0 Å². The molecule has 1 rings (SSSR count). The molecule has 0 saturated carbocycles. The Morgan fingerprint density at radius 2 is 2.47 bits per heavy atom. The van der Waals surface area contributed by atoms with E-state index in [2.05, 4.69) is 16.4 Å². The van der Waals surface area contributed by atoms with Gasteiger partial charge in [0.05, 0.1) is 11.6 Å². The van der Waals surface area contributed by atoms with Gasteiger partial charge in [-0.2, -0.15) is 5.26 Å². The van der Waals surface area contributed by atoms with E-state index < -0.39 is 0 Å². The molecule has 1 heterocycles. The van der Waals surface area contributed by atoms with Gasteiger partial charge in [0, 0.05) is 18.8 Å². The number of nitriles is 1. The number of rotatable bonds is 5. The van der Waals surface area contributed by atoms with E-state index in [1.54, 1.807) is 18.3 Å². The molecule has 0 amide bonds. The molecule has 0 bridgehead atoms. The number of anilines is 1. The summed E-state index contributed by atoms with van der Waals surface area (Å²) >= 11 is 0. The fourth-order valence-electron chi connectivity index (χ4n) is 1.32. The van der Waals surface area contributed by atoms with Gasteiger partial charge in [0.1, 0.15) is 5.82 Å². The Balaban J connectivity index is 2.66. The van der Waals surface area contributed by atoms with Crippen LogP contribution >= 0.6 is 0 Å². The molecule has 0 spiro atoms. The zero-order valence-corrected chi connectivity index (χ0v) is 8.77. The van der Waals surface area contributed by atoms with Gasteiger partial charge in [-0.25, -0.2) is 4.98 Å². The minimum Gasteiger partial charge on any atom is -0.396 e. The summed E-state index contributed by atoms with van der Waals surface area (Å²) in [7, 11) is 0. The van der Waals surface area contributed by atoms with Gasteiger partial charge < -0.3 is 10.4 Å². The van der Waals surface area contributed by atoms with Crippen LogP contribution in [0.1, 0.15) is 25.3 Å². The lowest BCUT2D eigenvalue weighted by atomic mass is 10.1. The first-order valence-electron chi connectivity index (χ1n) is 5.03. The number of nitrogens with zero attached hydrogens (tertiary/aromatic N) is 2. The van der Waals surface area contributed by atoms with E-state index in [1.165, 1.54) is 0 Å². The van der Waals surface area contributed by atoms with Crippen LogP contribution in [0.15, 0.2) is 18.3 Å². The van der Waals surface area contributed by atoms with Crippen molar-refractivity contribution < 1.29 is 5.11 Å². The molecule has 4 nitrogen and oxygen atoms in total. The number of nitrogens with one attached hydrogen (secondary N) is 1. The molecule has 2 N–H and O–H groups in total. The number of aliphatic hydroxyl groups is 1. The minimum atomic E-state index is 0.156. The average molecular weight is 205 g/mol. The first-order chi connectivity index (χ1) is 7.30. The molecule has 0 aliphatic rings. The fraction of sp³-hybridized carbons (Fsp3) is 0.455. The van der Waals surface area contributed by atoms with Crippen molar-refractivity contribution >= 4 is 5.82 Å². The molecule has 0 aliphatic carbocycles. The summed E-state index contributed by atoms with van der Waals surface area (Å²) in [5, 5.41) is 20.7. The van der Waals surface area contributed by atoms with Crippen LogP contribution in [0.3, 0.4) is 0 Å². The Morgan fingerprint density at radius 3 is 3.07 bits per heavy atom. The van der Waals surface area contributed by atoms with Crippen LogP contribution in [0, 0.1) is 11.3 Å². The van der Waals surface area contributed by atoms with Crippen molar-refractivity contribution in [3.63, 3.8) is 0 Å². The van der Waals surface area contributed by atoms with Crippen LogP contribution in [0.5, 0.6) is 0 Å². The van der Waals surface area contributed by atoms with Gasteiger partial charge in [0.25, 0.3) is 0 Å². The van der Waals surface area contributed by atoms with E-state index in [-0.39, 0.29) is 12.6 Å². The summed E-state index contributed by atoms with van der Waals surface area (Å²) in [6, 6.07) is 5.64. The Labute approximate surface area is 89.6 Å². The predicted octanol–water partition coefficient (Wildman–Crippen LogP) is 1.53. The van der Waals surface area contributed by atoms with Crippen molar-refractivity contribution in [3.05, 3.63) is 23.9 Å². The molecule has 15 heavy (non-hydrogen) atoms. The minimum absolute atomic E-state index is 0.156. The van der Waals surface area contributed by atoms with Crippen molar-refractivity contribution in [2.45, 2.75) is 25.8 Å². The second-order valence-electron chi connectivity index (χ2n) is 3.30. The number of aliphatic hydroxyl groups excluding tert-OH is 1. The zero-order chi connectivity index (χ0) is 11.1. The number of hydrogen-bond acceptors (Lipinski definition) is 4. The zero-order valence-electron chi connectivity index (χ0n) is 8.77. The van der Waals surface area contributed by atoms with Gasteiger partial charge in [-0.3, -0.25) is 0 Å². The highest BCUT2D eigenvalue weighted by Crippen LogP contribution is 2.10. The molecule has 80 valence electrons. The van der Waals surface area contributed by atoms with Crippen LogP contribution in [0.25, 0.3) is 0 Å². The van der Waals surface area contributed by atoms with Gasteiger partial charge in [-0.05, 0) is 25.0 Å². The lowest BCUT2D eigenvalue weighted by molar-refractivity contribution is 0.278. The lowest BCUT2D eigenvalue weighted by Crippen LogP contribution is -2.20. The lowest BCUT2D eigenvalue weighted by Gasteiger charge is -2.16. The summed E-state index contributed by atoms with van der Waals surface area (Å²) in [5.74, 6) is 0.689. The molecule has 1 aromatic heterocycles. The quantitative estimate of drug-likeness (QED) is 0.764. The Morgan fingerprint density at radius 1 is 1.67 bits per heavy atom. The monoisotopic (exact) mass is 205 g/mol. The summed E-state index contributed by atoms with van der Waals surface area (Å²) in [4.78, 5) is 4.11. The third kappa shape index (κ3) is 3.56. The van der Waals surface area contributed by atoms with Gasteiger partial charge in [-0.15, -0.1) is 0 Å². The molecule has 0 saturated heterocycles. The molecule has 0 aliphatic heterocycles. The normalized spacial score (nSPS) is 11.8. The summed E-state index contributed by atoms with van der Waals surface area (Å²) in [5.41, 5.74) is 0.589. The van der Waals surface area contributed by atoms with Crippen LogP contribution in [0.2, 0.25) is 0 Å². The second-order valence-corrected chi connectivity index (χ2v) is 3.30. The number of aromatic nitrogens is 1. The van der Waals surface area contributed by atoms with Crippen LogP contribution in [-0.4, -0.2) is 22.7 Å². The molecule has 0 aromatic carbocycles. The van der Waals surface area contributed by atoms with Gasteiger partial charge in [0.2, 0.25) is 0 Å².